The molecule has 4 nitrogen and oxygen atoms in total. The minimum Gasteiger partial charge on any atom is -0.465 e. The van der Waals surface area contributed by atoms with Crippen molar-refractivity contribution in [3.05, 3.63) is 23.5 Å². The van der Waals surface area contributed by atoms with Crippen molar-refractivity contribution in [2.24, 2.45) is 5.41 Å². The van der Waals surface area contributed by atoms with E-state index < -0.39 is 11.8 Å². The second-order valence-electron chi connectivity index (χ2n) is 5.51. The van der Waals surface area contributed by atoms with Gasteiger partial charge in [0.05, 0.1) is 18.4 Å². The number of hydrogen-bond donors (Lipinski definition) is 2. The lowest BCUT2D eigenvalue weighted by molar-refractivity contribution is 0.0602. The number of nitrogens with two attached hydrogens (primary N) is 1. The number of ether oxygens (including phenoxy) is 1. The number of esters is 1. The molecule has 1 saturated carbocycles. The zero-order valence-electron chi connectivity index (χ0n) is 12.0. The molecular weight excluding hydrogens is 259 g/mol. The maximum absolute atomic E-state index is 13.9. The Morgan fingerprint density at radius 3 is 2.75 bits per heavy atom. The summed E-state index contributed by atoms with van der Waals surface area (Å²) in [6, 6.07) is 2.59. The Morgan fingerprint density at radius 2 is 2.20 bits per heavy atom. The van der Waals surface area contributed by atoms with Crippen molar-refractivity contribution in [1.29, 1.82) is 0 Å². The fourth-order valence-electron chi connectivity index (χ4n) is 2.52. The summed E-state index contributed by atoms with van der Waals surface area (Å²) in [4.78, 5) is 11.6. The summed E-state index contributed by atoms with van der Waals surface area (Å²) in [7, 11) is 1.28. The predicted molar refractivity (Wildman–Crippen MR) is 77.2 cm³/mol. The van der Waals surface area contributed by atoms with E-state index in [4.69, 9.17) is 5.73 Å². The van der Waals surface area contributed by atoms with Gasteiger partial charge in [0.1, 0.15) is 5.82 Å². The molecule has 1 aliphatic carbocycles. The van der Waals surface area contributed by atoms with Gasteiger partial charge in [-0.2, -0.15) is 0 Å². The van der Waals surface area contributed by atoms with Crippen LogP contribution in [0.2, 0.25) is 0 Å². The average Bonchev–Trinajstić information content (AvgIpc) is 3.17. The van der Waals surface area contributed by atoms with Gasteiger partial charge in [0.15, 0.2) is 0 Å². The lowest BCUT2D eigenvalue weighted by Gasteiger charge is -2.17. The van der Waals surface area contributed by atoms with E-state index in [1.165, 1.54) is 26.0 Å². The van der Waals surface area contributed by atoms with E-state index in [0.717, 1.165) is 25.5 Å². The summed E-state index contributed by atoms with van der Waals surface area (Å²) in [5, 5.41) is 3.11. The SMILES string of the molecule is CCCC1(CNc2cc(C(=O)OC)c(N)cc2F)CC1. The first-order chi connectivity index (χ1) is 9.51. The van der Waals surface area contributed by atoms with Gasteiger partial charge in [-0.05, 0) is 36.8 Å². The number of carbonyl (C=O) groups excluding carboxylic acids is 1. The Hall–Kier alpha value is -1.78. The molecule has 20 heavy (non-hydrogen) atoms. The minimum atomic E-state index is -0.555. The quantitative estimate of drug-likeness (QED) is 0.620. The molecule has 1 aliphatic rings. The van der Waals surface area contributed by atoms with Crippen LogP contribution in [0.5, 0.6) is 0 Å². The second-order valence-corrected chi connectivity index (χ2v) is 5.51. The molecule has 2 rings (SSSR count). The Morgan fingerprint density at radius 1 is 1.50 bits per heavy atom. The van der Waals surface area contributed by atoms with Gasteiger partial charge in [0.25, 0.3) is 0 Å². The second kappa shape index (κ2) is 5.69. The van der Waals surface area contributed by atoms with Gasteiger partial charge in [0, 0.05) is 12.2 Å². The molecule has 0 unspecified atom stereocenters. The van der Waals surface area contributed by atoms with Gasteiger partial charge in [-0.15, -0.1) is 0 Å². The molecule has 0 atom stereocenters. The van der Waals surface area contributed by atoms with Gasteiger partial charge >= 0.3 is 5.97 Å². The Labute approximate surface area is 118 Å². The van der Waals surface area contributed by atoms with Crippen molar-refractivity contribution < 1.29 is 13.9 Å². The van der Waals surface area contributed by atoms with E-state index in [2.05, 4.69) is 17.0 Å². The van der Waals surface area contributed by atoms with Gasteiger partial charge in [-0.25, -0.2) is 9.18 Å². The summed E-state index contributed by atoms with van der Waals surface area (Å²) < 4.78 is 18.5. The number of carbonyl (C=O) groups is 1. The number of anilines is 2. The van der Waals surface area contributed by atoms with Crippen LogP contribution < -0.4 is 11.1 Å². The molecule has 5 heteroatoms. The molecule has 0 saturated heterocycles. The first-order valence-corrected chi connectivity index (χ1v) is 6.92. The van der Waals surface area contributed by atoms with E-state index in [0.29, 0.717) is 11.1 Å². The summed E-state index contributed by atoms with van der Waals surface area (Å²) in [5.74, 6) is -0.998. The maximum Gasteiger partial charge on any atom is 0.340 e. The summed E-state index contributed by atoms with van der Waals surface area (Å²) in [6.45, 7) is 2.88. The molecular formula is C15H21FN2O2. The number of benzene rings is 1. The largest absolute Gasteiger partial charge is 0.465 e. The third kappa shape index (κ3) is 3.03. The van der Waals surface area contributed by atoms with Crippen LogP contribution >= 0.6 is 0 Å². The summed E-state index contributed by atoms with van der Waals surface area (Å²) >= 11 is 0. The molecule has 1 aromatic rings. The van der Waals surface area contributed by atoms with Gasteiger partial charge in [-0.1, -0.05) is 13.3 Å². The van der Waals surface area contributed by atoms with Crippen molar-refractivity contribution in [3.8, 4) is 0 Å². The number of rotatable bonds is 6. The first-order valence-electron chi connectivity index (χ1n) is 6.92. The molecule has 0 radical (unpaired) electrons. The van der Waals surface area contributed by atoms with E-state index in [1.807, 2.05) is 0 Å². The topological polar surface area (TPSA) is 64.3 Å². The lowest BCUT2D eigenvalue weighted by atomic mass is 10.0. The monoisotopic (exact) mass is 280 g/mol. The maximum atomic E-state index is 13.9. The van der Waals surface area contributed by atoms with E-state index in [9.17, 15) is 9.18 Å². The van der Waals surface area contributed by atoms with E-state index >= 15 is 0 Å². The fourth-order valence-corrected chi connectivity index (χ4v) is 2.52. The summed E-state index contributed by atoms with van der Waals surface area (Å²) in [6.07, 6.45) is 4.61. The Balaban J connectivity index is 2.13. The number of methoxy groups -OCH3 is 1. The van der Waals surface area contributed by atoms with Crippen molar-refractivity contribution in [2.45, 2.75) is 32.6 Å². The highest BCUT2D eigenvalue weighted by molar-refractivity contribution is 5.96. The van der Waals surface area contributed by atoms with Crippen LogP contribution in [-0.4, -0.2) is 19.6 Å². The Bertz CT molecular complexity index is 513. The van der Waals surface area contributed by atoms with Crippen LogP contribution in [0, 0.1) is 11.2 Å². The number of nitrogen functional groups attached to an aromatic ring is 1. The first kappa shape index (κ1) is 14.6. The molecule has 3 N–H and O–H groups in total. The molecule has 0 aromatic heterocycles. The molecule has 1 aromatic carbocycles. The van der Waals surface area contributed by atoms with Crippen LogP contribution in [0.15, 0.2) is 12.1 Å². The van der Waals surface area contributed by atoms with Crippen LogP contribution in [0.25, 0.3) is 0 Å². The standard InChI is InChI=1S/C15H21FN2O2/c1-3-4-15(5-6-15)9-18-13-7-10(14(19)20-2)12(17)8-11(13)16/h7-8,18H,3-6,9,17H2,1-2H3. The molecule has 0 aliphatic heterocycles. The van der Waals surface area contributed by atoms with E-state index in [1.54, 1.807) is 0 Å². The molecule has 0 amide bonds. The normalized spacial score (nSPS) is 15.8. The van der Waals surface area contributed by atoms with Crippen LogP contribution in [0.3, 0.4) is 0 Å². The summed E-state index contributed by atoms with van der Waals surface area (Å²) in [5.41, 5.74) is 6.53. The minimum absolute atomic E-state index is 0.0922. The molecule has 1 fully saturated rings. The van der Waals surface area contributed by atoms with E-state index in [-0.39, 0.29) is 11.3 Å². The highest BCUT2D eigenvalue weighted by Crippen LogP contribution is 2.49. The lowest BCUT2D eigenvalue weighted by Crippen LogP contribution is -2.17. The van der Waals surface area contributed by atoms with Crippen molar-refractivity contribution in [2.75, 3.05) is 24.7 Å². The third-order valence-corrected chi connectivity index (χ3v) is 3.94. The van der Waals surface area contributed by atoms with Gasteiger partial charge in [-0.3, -0.25) is 0 Å². The van der Waals surface area contributed by atoms with Crippen LogP contribution in [-0.2, 0) is 4.74 Å². The van der Waals surface area contributed by atoms with Crippen LogP contribution in [0.4, 0.5) is 15.8 Å². The van der Waals surface area contributed by atoms with Crippen molar-refractivity contribution >= 4 is 17.3 Å². The molecule has 0 bridgehead atoms. The smallest absolute Gasteiger partial charge is 0.340 e. The fraction of sp³-hybridized carbons (Fsp3) is 0.533. The highest BCUT2D eigenvalue weighted by Gasteiger charge is 2.41. The molecule has 110 valence electrons. The zero-order chi connectivity index (χ0) is 14.8. The van der Waals surface area contributed by atoms with Gasteiger partial charge < -0.3 is 15.8 Å². The average molecular weight is 280 g/mol. The number of halogens is 1. The van der Waals surface area contributed by atoms with Crippen molar-refractivity contribution in [3.63, 3.8) is 0 Å². The van der Waals surface area contributed by atoms with Gasteiger partial charge in [0.2, 0.25) is 0 Å². The molecule has 0 heterocycles. The van der Waals surface area contributed by atoms with Crippen molar-refractivity contribution in [1.82, 2.24) is 0 Å². The number of hydrogen-bond acceptors (Lipinski definition) is 4. The third-order valence-electron chi connectivity index (χ3n) is 3.94. The van der Waals surface area contributed by atoms with Crippen LogP contribution in [0.1, 0.15) is 43.0 Å². The predicted octanol–water partition coefficient (Wildman–Crippen LogP) is 3.19. The number of nitrogens with one attached hydrogen (secondary N) is 1. The highest BCUT2D eigenvalue weighted by atomic mass is 19.1. The molecule has 0 spiro atoms. The zero-order valence-corrected chi connectivity index (χ0v) is 12.0. The Kier molecular flexibility index (Phi) is 4.16.